The highest BCUT2D eigenvalue weighted by Gasteiger charge is 2.21. The quantitative estimate of drug-likeness (QED) is 0.776. The molecule has 0 aliphatic rings. The van der Waals surface area contributed by atoms with E-state index in [4.69, 9.17) is 11.0 Å². The molecule has 86 valence electrons. The first-order chi connectivity index (χ1) is 7.36. The summed E-state index contributed by atoms with van der Waals surface area (Å²) in [5.41, 5.74) is 5.35. The second kappa shape index (κ2) is 4.37. The SMILES string of the molecule is CC(C#N)S(=O)(=O)Nc1cc(N)ccc1F. The van der Waals surface area contributed by atoms with Crippen molar-refractivity contribution in [2.75, 3.05) is 10.5 Å². The Balaban J connectivity index is 3.07. The summed E-state index contributed by atoms with van der Waals surface area (Å²) in [6, 6.07) is 5.06. The molecule has 3 N–H and O–H groups in total. The molecule has 1 unspecified atom stereocenters. The number of halogens is 1. The van der Waals surface area contributed by atoms with E-state index < -0.39 is 21.1 Å². The molecule has 0 aliphatic heterocycles. The molecule has 0 aromatic heterocycles. The summed E-state index contributed by atoms with van der Waals surface area (Å²) in [6.07, 6.45) is 0. The molecular weight excluding hydrogens is 233 g/mol. The summed E-state index contributed by atoms with van der Waals surface area (Å²) in [5.74, 6) is -0.747. The molecular formula is C9H10FN3O2S. The normalized spacial score (nSPS) is 12.8. The number of hydrogen-bond donors (Lipinski definition) is 2. The Labute approximate surface area is 92.7 Å². The van der Waals surface area contributed by atoms with Gasteiger partial charge in [0.05, 0.1) is 11.8 Å². The van der Waals surface area contributed by atoms with E-state index in [-0.39, 0.29) is 11.4 Å². The van der Waals surface area contributed by atoms with Gasteiger partial charge in [-0.05, 0) is 25.1 Å². The van der Waals surface area contributed by atoms with Crippen molar-refractivity contribution in [2.45, 2.75) is 12.2 Å². The van der Waals surface area contributed by atoms with Gasteiger partial charge in [-0.15, -0.1) is 0 Å². The first-order valence-electron chi connectivity index (χ1n) is 4.33. The van der Waals surface area contributed by atoms with Crippen LogP contribution in [-0.2, 0) is 10.0 Å². The molecule has 1 rings (SSSR count). The largest absolute Gasteiger partial charge is 0.399 e. The molecule has 0 spiro atoms. The lowest BCUT2D eigenvalue weighted by atomic mass is 10.3. The molecule has 0 heterocycles. The Hall–Kier alpha value is -1.81. The van der Waals surface area contributed by atoms with E-state index in [1.54, 1.807) is 6.07 Å². The van der Waals surface area contributed by atoms with Crippen LogP contribution >= 0.6 is 0 Å². The van der Waals surface area contributed by atoms with Crippen LogP contribution < -0.4 is 10.5 Å². The molecule has 0 bridgehead atoms. The fraction of sp³-hybridized carbons (Fsp3) is 0.222. The summed E-state index contributed by atoms with van der Waals surface area (Å²) in [7, 11) is -3.91. The van der Waals surface area contributed by atoms with E-state index in [1.165, 1.54) is 13.0 Å². The zero-order valence-corrected chi connectivity index (χ0v) is 9.25. The third kappa shape index (κ3) is 2.61. The lowest BCUT2D eigenvalue weighted by Crippen LogP contribution is -2.24. The van der Waals surface area contributed by atoms with Crippen molar-refractivity contribution >= 4 is 21.4 Å². The summed E-state index contributed by atoms with van der Waals surface area (Å²) in [5, 5.41) is 7.21. The Morgan fingerprint density at radius 2 is 2.19 bits per heavy atom. The number of benzene rings is 1. The fourth-order valence-electron chi connectivity index (χ4n) is 0.932. The van der Waals surface area contributed by atoms with Gasteiger partial charge in [0.1, 0.15) is 5.82 Å². The van der Waals surface area contributed by atoms with Crippen LogP contribution in [0.2, 0.25) is 0 Å². The second-order valence-electron chi connectivity index (χ2n) is 3.16. The van der Waals surface area contributed by atoms with Gasteiger partial charge in [0.2, 0.25) is 10.0 Å². The minimum Gasteiger partial charge on any atom is -0.399 e. The van der Waals surface area contributed by atoms with Crippen molar-refractivity contribution in [1.29, 1.82) is 5.26 Å². The van der Waals surface area contributed by atoms with Crippen LogP contribution in [0.3, 0.4) is 0 Å². The minimum absolute atomic E-state index is 0.226. The number of nitrogens with one attached hydrogen (secondary N) is 1. The van der Waals surface area contributed by atoms with Crippen LogP contribution in [0.25, 0.3) is 0 Å². The summed E-state index contributed by atoms with van der Waals surface area (Å²) >= 11 is 0. The number of sulfonamides is 1. The van der Waals surface area contributed by atoms with Crippen LogP contribution in [-0.4, -0.2) is 13.7 Å². The van der Waals surface area contributed by atoms with Crippen LogP contribution in [0.1, 0.15) is 6.92 Å². The molecule has 5 nitrogen and oxygen atoms in total. The summed E-state index contributed by atoms with van der Waals surface area (Å²) in [6.45, 7) is 1.20. The lowest BCUT2D eigenvalue weighted by molar-refractivity contribution is 0.595. The number of nitrogens with two attached hydrogens (primary N) is 1. The Morgan fingerprint density at radius 3 is 2.75 bits per heavy atom. The molecule has 1 atom stereocenters. The Kier molecular flexibility index (Phi) is 3.34. The van der Waals surface area contributed by atoms with Gasteiger partial charge in [-0.25, -0.2) is 12.8 Å². The van der Waals surface area contributed by atoms with E-state index in [1.807, 2.05) is 4.72 Å². The van der Waals surface area contributed by atoms with Crippen molar-refractivity contribution in [3.8, 4) is 6.07 Å². The smallest absolute Gasteiger partial charge is 0.248 e. The topological polar surface area (TPSA) is 96.0 Å². The first-order valence-corrected chi connectivity index (χ1v) is 5.87. The molecule has 0 radical (unpaired) electrons. The van der Waals surface area contributed by atoms with Gasteiger partial charge < -0.3 is 5.73 Å². The van der Waals surface area contributed by atoms with Gasteiger partial charge in [0.15, 0.2) is 5.25 Å². The summed E-state index contributed by atoms with van der Waals surface area (Å²) < 4.78 is 38.1. The van der Waals surface area contributed by atoms with Crippen molar-refractivity contribution in [1.82, 2.24) is 0 Å². The third-order valence-electron chi connectivity index (χ3n) is 1.89. The predicted molar refractivity (Wildman–Crippen MR) is 58.4 cm³/mol. The molecule has 16 heavy (non-hydrogen) atoms. The van der Waals surface area contributed by atoms with Gasteiger partial charge in [0, 0.05) is 5.69 Å². The van der Waals surface area contributed by atoms with Crippen LogP contribution in [0.4, 0.5) is 15.8 Å². The standard InChI is InChI=1S/C9H10FN3O2S/c1-6(5-11)16(14,15)13-9-4-7(12)2-3-8(9)10/h2-4,6,13H,12H2,1H3. The number of nitrogen functional groups attached to an aromatic ring is 1. The van der Waals surface area contributed by atoms with E-state index in [0.29, 0.717) is 0 Å². The number of rotatable bonds is 3. The van der Waals surface area contributed by atoms with Gasteiger partial charge in [-0.3, -0.25) is 4.72 Å². The van der Waals surface area contributed by atoms with Gasteiger partial charge in [-0.1, -0.05) is 0 Å². The maximum absolute atomic E-state index is 13.2. The molecule has 0 amide bonds. The maximum Gasteiger partial charge on any atom is 0.248 e. The van der Waals surface area contributed by atoms with Crippen molar-refractivity contribution in [3.63, 3.8) is 0 Å². The number of anilines is 2. The van der Waals surface area contributed by atoms with E-state index in [0.717, 1.165) is 12.1 Å². The molecule has 0 fully saturated rings. The summed E-state index contributed by atoms with van der Waals surface area (Å²) in [4.78, 5) is 0. The molecule has 0 saturated carbocycles. The van der Waals surface area contributed by atoms with Crippen LogP contribution in [0.15, 0.2) is 18.2 Å². The van der Waals surface area contributed by atoms with Crippen LogP contribution in [0, 0.1) is 17.1 Å². The first kappa shape index (κ1) is 12.3. The average molecular weight is 243 g/mol. The van der Waals surface area contributed by atoms with E-state index >= 15 is 0 Å². The highest BCUT2D eigenvalue weighted by molar-refractivity contribution is 7.93. The zero-order chi connectivity index (χ0) is 12.3. The Morgan fingerprint density at radius 1 is 1.56 bits per heavy atom. The molecule has 1 aromatic rings. The van der Waals surface area contributed by atoms with Crippen molar-refractivity contribution in [2.24, 2.45) is 0 Å². The minimum atomic E-state index is -3.91. The van der Waals surface area contributed by atoms with E-state index in [2.05, 4.69) is 0 Å². The average Bonchev–Trinajstić information content (AvgIpc) is 2.22. The number of nitrogens with zero attached hydrogens (tertiary/aromatic N) is 1. The number of nitriles is 1. The van der Waals surface area contributed by atoms with Gasteiger partial charge >= 0.3 is 0 Å². The predicted octanol–water partition coefficient (Wildman–Crippen LogP) is 1.06. The van der Waals surface area contributed by atoms with Crippen molar-refractivity contribution in [3.05, 3.63) is 24.0 Å². The third-order valence-corrected chi connectivity index (χ3v) is 3.43. The van der Waals surface area contributed by atoms with Gasteiger partial charge in [0.25, 0.3) is 0 Å². The van der Waals surface area contributed by atoms with E-state index in [9.17, 15) is 12.8 Å². The lowest BCUT2D eigenvalue weighted by Gasteiger charge is -2.10. The molecule has 1 aromatic carbocycles. The zero-order valence-electron chi connectivity index (χ0n) is 8.44. The Bertz CT molecular complexity index is 536. The van der Waals surface area contributed by atoms with Crippen molar-refractivity contribution < 1.29 is 12.8 Å². The molecule has 0 saturated heterocycles. The second-order valence-corrected chi connectivity index (χ2v) is 5.16. The van der Waals surface area contributed by atoms with Gasteiger partial charge in [-0.2, -0.15) is 5.26 Å². The molecule has 7 heteroatoms. The monoisotopic (exact) mass is 243 g/mol. The maximum atomic E-state index is 13.2. The number of hydrogen-bond acceptors (Lipinski definition) is 4. The highest BCUT2D eigenvalue weighted by atomic mass is 32.2. The van der Waals surface area contributed by atoms with Crippen LogP contribution in [0.5, 0.6) is 0 Å². The molecule has 0 aliphatic carbocycles. The fourth-order valence-corrected chi connectivity index (χ4v) is 1.71. The highest BCUT2D eigenvalue weighted by Crippen LogP contribution is 2.19.